The molecule has 25 heavy (non-hydrogen) atoms. The molecule has 1 amide bonds. The van der Waals surface area contributed by atoms with Gasteiger partial charge in [0.05, 0.1) is 6.10 Å². The van der Waals surface area contributed by atoms with E-state index < -0.39 is 0 Å². The van der Waals surface area contributed by atoms with Gasteiger partial charge in [-0.05, 0) is 56.7 Å². The Bertz CT molecular complexity index is 672. The third kappa shape index (κ3) is 6.43. The highest BCUT2D eigenvalue weighted by Crippen LogP contribution is 2.18. The second-order valence-corrected chi connectivity index (χ2v) is 5.85. The van der Waals surface area contributed by atoms with Gasteiger partial charge >= 0.3 is 0 Å². The molecule has 0 fully saturated rings. The molecule has 0 radical (unpaired) electrons. The number of carbonyl (C=O) groups is 1. The molecule has 0 unspecified atom stereocenters. The highest BCUT2D eigenvalue weighted by molar-refractivity contribution is 6.03. The van der Waals surface area contributed by atoms with Crippen LogP contribution < -0.4 is 15.4 Å². The third-order valence-corrected chi connectivity index (χ3v) is 3.33. The maximum Gasteiger partial charge on any atom is 0.274 e. The first-order chi connectivity index (χ1) is 12.1. The smallest absolute Gasteiger partial charge is 0.274 e. The summed E-state index contributed by atoms with van der Waals surface area (Å²) in [5.74, 6) is 0.520. The molecule has 0 aliphatic heterocycles. The average Bonchev–Trinajstić information content (AvgIpc) is 2.60. The Morgan fingerprint density at radius 1 is 1.16 bits per heavy atom. The highest BCUT2D eigenvalue weighted by Gasteiger charge is 2.09. The summed E-state index contributed by atoms with van der Waals surface area (Å²) in [4.78, 5) is 16.5. The maximum absolute atomic E-state index is 12.4. The van der Waals surface area contributed by atoms with Crippen molar-refractivity contribution in [1.29, 1.82) is 0 Å². The molecule has 1 aromatic carbocycles. The van der Waals surface area contributed by atoms with E-state index in [9.17, 15) is 4.79 Å². The Kier molecular flexibility index (Phi) is 7.22. The van der Waals surface area contributed by atoms with Crippen LogP contribution in [0.5, 0.6) is 5.75 Å². The molecule has 0 bridgehead atoms. The van der Waals surface area contributed by atoms with Crippen LogP contribution in [0.25, 0.3) is 0 Å². The lowest BCUT2D eigenvalue weighted by Gasteiger charge is -2.11. The molecule has 1 aromatic heterocycles. The van der Waals surface area contributed by atoms with Crippen molar-refractivity contribution >= 4 is 17.3 Å². The van der Waals surface area contributed by atoms with Gasteiger partial charge in [-0.25, -0.2) is 0 Å². The molecule has 2 aromatic rings. The number of amides is 1. The lowest BCUT2D eigenvalue weighted by Crippen LogP contribution is -2.14. The predicted molar refractivity (Wildman–Crippen MR) is 99.4 cm³/mol. The summed E-state index contributed by atoms with van der Waals surface area (Å²) in [6, 6.07) is 10.8. The largest absolute Gasteiger partial charge is 0.491 e. The van der Waals surface area contributed by atoms with E-state index >= 15 is 0 Å². The molecule has 1 heterocycles. The number of hydrogen-bond donors (Lipinski definition) is 2. The number of aromatic nitrogens is 1. The van der Waals surface area contributed by atoms with Crippen LogP contribution in [-0.2, 0) is 4.74 Å². The van der Waals surface area contributed by atoms with Crippen LogP contribution in [0.1, 0.15) is 30.8 Å². The predicted octanol–water partition coefficient (Wildman–Crippen LogP) is 3.57. The molecule has 2 N–H and O–H groups in total. The van der Waals surface area contributed by atoms with E-state index in [0.717, 1.165) is 24.4 Å². The minimum Gasteiger partial charge on any atom is -0.491 e. The van der Waals surface area contributed by atoms with Gasteiger partial charge in [-0.15, -0.1) is 0 Å². The summed E-state index contributed by atoms with van der Waals surface area (Å²) in [6.45, 7) is 5.41. The zero-order valence-corrected chi connectivity index (χ0v) is 14.9. The summed E-state index contributed by atoms with van der Waals surface area (Å²) in [5.41, 5.74) is 1.91. The number of methoxy groups -OCH3 is 1. The summed E-state index contributed by atoms with van der Waals surface area (Å²) in [6.07, 6.45) is 2.63. The first-order valence-electron chi connectivity index (χ1n) is 8.35. The molecule has 6 nitrogen and oxygen atoms in total. The molecular formula is C19H25N3O3. The van der Waals surface area contributed by atoms with Crippen molar-refractivity contribution in [3.8, 4) is 5.75 Å². The second-order valence-electron chi connectivity index (χ2n) is 5.85. The summed E-state index contributed by atoms with van der Waals surface area (Å²) < 4.78 is 10.6. The Hall–Kier alpha value is -2.60. The summed E-state index contributed by atoms with van der Waals surface area (Å²) >= 11 is 0. The lowest BCUT2D eigenvalue weighted by atomic mass is 10.2. The minimum atomic E-state index is -0.252. The number of rotatable bonds is 9. The number of benzene rings is 1. The first kappa shape index (κ1) is 18.7. The molecule has 0 aliphatic rings. The van der Waals surface area contributed by atoms with Gasteiger partial charge in [0.25, 0.3) is 5.91 Å². The first-order valence-corrected chi connectivity index (χ1v) is 8.35. The summed E-state index contributed by atoms with van der Waals surface area (Å²) in [7, 11) is 1.68. The van der Waals surface area contributed by atoms with Crippen LogP contribution >= 0.6 is 0 Å². The SMILES string of the molecule is COCCCNc1ccnc(C(=O)Nc2ccc(OC(C)C)cc2)c1. The van der Waals surface area contributed by atoms with Gasteiger partial charge in [-0.2, -0.15) is 0 Å². The molecule has 0 saturated carbocycles. The van der Waals surface area contributed by atoms with E-state index in [1.165, 1.54) is 0 Å². The van der Waals surface area contributed by atoms with Crippen molar-refractivity contribution in [1.82, 2.24) is 4.98 Å². The van der Waals surface area contributed by atoms with Gasteiger partial charge in [0, 0.05) is 37.8 Å². The zero-order chi connectivity index (χ0) is 18.1. The minimum absolute atomic E-state index is 0.115. The zero-order valence-electron chi connectivity index (χ0n) is 14.9. The number of hydrogen-bond acceptors (Lipinski definition) is 5. The highest BCUT2D eigenvalue weighted by atomic mass is 16.5. The van der Waals surface area contributed by atoms with Crippen LogP contribution in [0.3, 0.4) is 0 Å². The van der Waals surface area contributed by atoms with Crippen LogP contribution in [-0.4, -0.2) is 37.3 Å². The Balaban J connectivity index is 1.93. The van der Waals surface area contributed by atoms with Crippen molar-refractivity contribution in [3.05, 3.63) is 48.3 Å². The Morgan fingerprint density at radius 2 is 1.92 bits per heavy atom. The average molecular weight is 343 g/mol. The molecule has 0 saturated heterocycles. The Labute approximate surface area is 148 Å². The van der Waals surface area contributed by atoms with E-state index in [1.807, 2.05) is 44.2 Å². The third-order valence-electron chi connectivity index (χ3n) is 3.33. The lowest BCUT2D eigenvalue weighted by molar-refractivity contribution is 0.102. The fourth-order valence-electron chi connectivity index (χ4n) is 2.20. The van der Waals surface area contributed by atoms with Gasteiger partial charge in [0.1, 0.15) is 11.4 Å². The van der Waals surface area contributed by atoms with Crippen molar-refractivity contribution in [2.24, 2.45) is 0 Å². The molecular weight excluding hydrogens is 318 g/mol. The number of carbonyl (C=O) groups excluding carboxylic acids is 1. The quantitative estimate of drug-likeness (QED) is 0.681. The van der Waals surface area contributed by atoms with Crippen LogP contribution in [0.4, 0.5) is 11.4 Å². The number of pyridine rings is 1. The van der Waals surface area contributed by atoms with Gasteiger partial charge in [0.15, 0.2) is 0 Å². The van der Waals surface area contributed by atoms with E-state index in [-0.39, 0.29) is 12.0 Å². The number of nitrogens with one attached hydrogen (secondary N) is 2. The van der Waals surface area contributed by atoms with E-state index in [0.29, 0.717) is 18.0 Å². The fraction of sp³-hybridized carbons (Fsp3) is 0.368. The van der Waals surface area contributed by atoms with Gasteiger partial charge < -0.3 is 20.1 Å². The van der Waals surface area contributed by atoms with Crippen molar-refractivity contribution in [2.45, 2.75) is 26.4 Å². The Morgan fingerprint density at radius 3 is 2.60 bits per heavy atom. The van der Waals surface area contributed by atoms with Gasteiger partial charge in [-0.1, -0.05) is 0 Å². The van der Waals surface area contributed by atoms with Crippen molar-refractivity contribution < 1.29 is 14.3 Å². The van der Waals surface area contributed by atoms with Crippen LogP contribution in [0.15, 0.2) is 42.6 Å². The molecule has 6 heteroatoms. The molecule has 0 aliphatic carbocycles. The van der Waals surface area contributed by atoms with Crippen molar-refractivity contribution in [3.63, 3.8) is 0 Å². The molecule has 0 atom stereocenters. The topological polar surface area (TPSA) is 72.5 Å². The number of nitrogens with zero attached hydrogens (tertiary/aromatic N) is 1. The van der Waals surface area contributed by atoms with Gasteiger partial charge in [0.2, 0.25) is 0 Å². The molecule has 134 valence electrons. The second kappa shape index (κ2) is 9.64. The van der Waals surface area contributed by atoms with E-state index in [4.69, 9.17) is 9.47 Å². The van der Waals surface area contributed by atoms with Crippen LogP contribution in [0.2, 0.25) is 0 Å². The van der Waals surface area contributed by atoms with E-state index in [1.54, 1.807) is 19.4 Å². The normalized spacial score (nSPS) is 10.6. The van der Waals surface area contributed by atoms with E-state index in [2.05, 4.69) is 15.6 Å². The van der Waals surface area contributed by atoms with Crippen molar-refractivity contribution in [2.75, 3.05) is 30.9 Å². The fourth-order valence-corrected chi connectivity index (χ4v) is 2.20. The maximum atomic E-state index is 12.4. The molecule has 0 spiro atoms. The van der Waals surface area contributed by atoms with Crippen LogP contribution in [0, 0.1) is 0 Å². The molecule has 2 rings (SSSR count). The summed E-state index contributed by atoms with van der Waals surface area (Å²) in [5, 5.41) is 6.09. The number of ether oxygens (including phenoxy) is 2. The standard InChI is InChI=1S/C19H25N3O3/c1-14(2)25-17-7-5-15(6-8-17)22-19(23)18-13-16(9-11-21-18)20-10-4-12-24-3/h5-9,11,13-14H,4,10,12H2,1-3H3,(H,20,21)(H,22,23). The number of anilines is 2. The monoisotopic (exact) mass is 343 g/mol. The van der Waals surface area contributed by atoms with Gasteiger partial charge in [-0.3, -0.25) is 9.78 Å².